The van der Waals surface area contributed by atoms with E-state index in [1.807, 2.05) is 0 Å². The van der Waals surface area contributed by atoms with Gasteiger partial charge in [0.2, 0.25) is 0 Å². The fourth-order valence-electron chi connectivity index (χ4n) is 5.22. The molecule has 2 fully saturated rings. The Bertz CT molecular complexity index is 1440. The Morgan fingerprint density at radius 3 is 1.84 bits per heavy atom. The van der Waals surface area contributed by atoms with Gasteiger partial charge in [0.25, 0.3) is 0 Å². The van der Waals surface area contributed by atoms with Crippen LogP contribution in [0.25, 0.3) is 6.08 Å². The molecule has 3 rings (SSSR count). The zero-order valence-corrected chi connectivity index (χ0v) is 28.9. The van der Waals surface area contributed by atoms with E-state index in [2.05, 4.69) is 6.58 Å². The number of benzene rings is 1. The van der Waals surface area contributed by atoms with E-state index < -0.39 is 104 Å². The fraction of sp³-hybridized carbons (Fsp3) is 0.529. The van der Waals surface area contributed by atoms with Crippen molar-refractivity contribution in [2.24, 2.45) is 0 Å². The predicted octanol–water partition coefficient (Wildman–Crippen LogP) is 1.31. The molecule has 0 saturated carbocycles. The molecule has 10 atom stereocenters. The summed E-state index contributed by atoms with van der Waals surface area (Å²) in [5, 5.41) is 11.5. The van der Waals surface area contributed by atoms with Crippen LogP contribution in [0.4, 0.5) is 0 Å². The van der Waals surface area contributed by atoms with E-state index in [1.165, 1.54) is 38.1 Å². The Morgan fingerprint density at radius 2 is 1.29 bits per heavy atom. The minimum absolute atomic E-state index is 0.109. The second-order valence-electron chi connectivity index (χ2n) is 11.4. The molecule has 0 amide bonds. The van der Waals surface area contributed by atoms with E-state index in [4.69, 9.17) is 47.4 Å². The van der Waals surface area contributed by atoms with E-state index in [9.17, 15) is 33.9 Å². The lowest BCUT2D eigenvalue weighted by molar-refractivity contribution is -0.358. The molecule has 0 radical (unpaired) electrons. The Balaban J connectivity index is 1.89. The second kappa shape index (κ2) is 19.1. The Hall–Kier alpha value is -4.68. The number of hydrogen-bond donors (Lipinski definition) is 1. The minimum Gasteiger partial charge on any atom is -0.460 e. The van der Waals surface area contributed by atoms with Gasteiger partial charge in [0.15, 0.2) is 37.0 Å². The van der Waals surface area contributed by atoms with Gasteiger partial charge in [0.05, 0.1) is 12.7 Å². The summed E-state index contributed by atoms with van der Waals surface area (Å²) in [4.78, 5) is 72.2. The normalized spacial score (nSPS) is 28.9. The van der Waals surface area contributed by atoms with Crippen LogP contribution in [0, 0.1) is 0 Å². The maximum absolute atomic E-state index is 12.6. The topological polar surface area (TPSA) is 215 Å². The average molecular weight is 723 g/mol. The third-order valence-electron chi connectivity index (χ3n) is 7.17. The van der Waals surface area contributed by atoms with Crippen molar-refractivity contribution in [1.82, 2.24) is 0 Å². The summed E-state index contributed by atoms with van der Waals surface area (Å²) in [6, 6.07) is 6.28. The van der Waals surface area contributed by atoms with Crippen molar-refractivity contribution in [3.63, 3.8) is 0 Å². The molecular weight excluding hydrogens is 680 g/mol. The molecule has 280 valence electrons. The van der Waals surface area contributed by atoms with Gasteiger partial charge in [-0.2, -0.15) is 0 Å². The zero-order chi connectivity index (χ0) is 37.8. The number of rotatable bonds is 14. The molecule has 17 heteroatoms. The quantitative estimate of drug-likeness (QED) is 0.0942. The highest BCUT2D eigenvalue weighted by molar-refractivity contribution is 5.87. The molecule has 51 heavy (non-hydrogen) atoms. The Morgan fingerprint density at radius 1 is 0.745 bits per heavy atom. The van der Waals surface area contributed by atoms with Crippen LogP contribution >= 0.6 is 0 Å². The molecule has 2 aliphatic heterocycles. The number of aliphatic hydroxyl groups is 1. The first-order valence-electron chi connectivity index (χ1n) is 15.8. The van der Waals surface area contributed by atoms with Crippen LogP contribution in [0.2, 0.25) is 0 Å². The number of ether oxygens (including phenoxy) is 10. The molecular formula is C34H42O17. The molecule has 0 aromatic heterocycles. The first-order chi connectivity index (χ1) is 24.1. The first-order valence-corrected chi connectivity index (χ1v) is 15.8. The molecule has 2 aliphatic rings. The van der Waals surface area contributed by atoms with Gasteiger partial charge in [0, 0.05) is 40.7 Å². The van der Waals surface area contributed by atoms with Crippen molar-refractivity contribution < 1.29 is 81.2 Å². The average Bonchev–Trinajstić information content (AvgIpc) is 3.03. The molecule has 17 nitrogen and oxygen atoms in total. The lowest BCUT2D eigenvalue weighted by Crippen LogP contribution is -2.66. The zero-order valence-electron chi connectivity index (χ0n) is 28.9. The van der Waals surface area contributed by atoms with Crippen LogP contribution in [0.5, 0.6) is 5.75 Å². The minimum atomic E-state index is -1.71. The summed E-state index contributed by atoms with van der Waals surface area (Å²) in [5.74, 6) is -4.19. The van der Waals surface area contributed by atoms with Gasteiger partial charge in [-0.15, -0.1) is 6.58 Å². The molecule has 0 bridgehead atoms. The number of aliphatic hydroxyl groups excluding tert-OH is 1. The van der Waals surface area contributed by atoms with Gasteiger partial charge < -0.3 is 52.5 Å². The molecule has 1 aromatic carbocycles. The molecule has 1 aromatic rings. The number of carbonyl (C=O) groups excluding carboxylic acids is 6. The van der Waals surface area contributed by atoms with Crippen molar-refractivity contribution in [3.05, 3.63) is 48.6 Å². The van der Waals surface area contributed by atoms with E-state index in [0.717, 1.165) is 33.8 Å². The fourth-order valence-corrected chi connectivity index (χ4v) is 5.22. The highest BCUT2D eigenvalue weighted by atomic mass is 16.8. The highest BCUT2D eigenvalue weighted by Crippen LogP contribution is 2.34. The summed E-state index contributed by atoms with van der Waals surface area (Å²) in [5.41, 5.74) is 0.583. The summed E-state index contributed by atoms with van der Waals surface area (Å²) in [6.45, 7) is 10.1. The lowest BCUT2D eigenvalue weighted by atomic mass is 9.96. The third-order valence-corrected chi connectivity index (χ3v) is 7.17. The van der Waals surface area contributed by atoms with Gasteiger partial charge in [-0.3, -0.25) is 24.0 Å². The molecule has 0 spiro atoms. The van der Waals surface area contributed by atoms with Crippen molar-refractivity contribution in [2.75, 3.05) is 13.2 Å². The SMILES string of the molecule is C=CCO[C@H]1O[C@H](COC(=O)/C=C/c2ccc(OC(C)=O)cc2)[C@@H](O)[C@H](O[C@@H]2O[C@@H](C)[C@H](OC(C)=O)[C@@H](OC(C)=O)[C@H]2OC(C)=O)[C@H]1OC(C)=O. The lowest BCUT2D eigenvalue weighted by Gasteiger charge is -2.47. The molecule has 2 heterocycles. The smallest absolute Gasteiger partial charge is 0.330 e. The number of carbonyl (C=O) groups is 6. The monoisotopic (exact) mass is 722 g/mol. The van der Waals surface area contributed by atoms with Crippen LogP contribution in [0.1, 0.15) is 47.1 Å². The summed E-state index contributed by atoms with van der Waals surface area (Å²) in [6.07, 6.45) is -10.4. The number of hydrogen-bond acceptors (Lipinski definition) is 17. The van der Waals surface area contributed by atoms with Crippen LogP contribution in [0.3, 0.4) is 0 Å². The summed E-state index contributed by atoms with van der Waals surface area (Å²) in [7, 11) is 0. The Kier molecular flexibility index (Phi) is 15.2. The Labute approximate surface area is 293 Å². The van der Waals surface area contributed by atoms with Crippen LogP contribution < -0.4 is 4.74 Å². The highest BCUT2D eigenvalue weighted by Gasteiger charge is 2.55. The van der Waals surface area contributed by atoms with Gasteiger partial charge in [-0.1, -0.05) is 18.2 Å². The summed E-state index contributed by atoms with van der Waals surface area (Å²) >= 11 is 0. The van der Waals surface area contributed by atoms with Crippen molar-refractivity contribution >= 4 is 41.9 Å². The molecule has 0 unspecified atom stereocenters. The van der Waals surface area contributed by atoms with Gasteiger partial charge in [0.1, 0.15) is 30.7 Å². The van der Waals surface area contributed by atoms with E-state index in [1.54, 1.807) is 12.1 Å². The predicted molar refractivity (Wildman–Crippen MR) is 170 cm³/mol. The van der Waals surface area contributed by atoms with Crippen LogP contribution in [-0.4, -0.2) is 116 Å². The maximum Gasteiger partial charge on any atom is 0.330 e. The molecule has 1 N–H and O–H groups in total. The van der Waals surface area contributed by atoms with Gasteiger partial charge >= 0.3 is 35.8 Å². The van der Waals surface area contributed by atoms with E-state index >= 15 is 0 Å². The van der Waals surface area contributed by atoms with Crippen molar-refractivity contribution in [1.29, 1.82) is 0 Å². The maximum atomic E-state index is 12.6. The second-order valence-corrected chi connectivity index (χ2v) is 11.4. The number of esters is 6. The first kappa shape index (κ1) is 40.7. The molecule has 0 aliphatic carbocycles. The van der Waals surface area contributed by atoms with Crippen molar-refractivity contribution in [2.45, 2.75) is 103 Å². The van der Waals surface area contributed by atoms with E-state index in [-0.39, 0.29) is 6.61 Å². The third kappa shape index (κ3) is 12.3. The molecule has 2 saturated heterocycles. The van der Waals surface area contributed by atoms with Crippen LogP contribution in [0.15, 0.2) is 43.0 Å². The van der Waals surface area contributed by atoms with E-state index in [0.29, 0.717) is 11.3 Å². The van der Waals surface area contributed by atoms with Crippen molar-refractivity contribution in [3.8, 4) is 5.75 Å². The van der Waals surface area contributed by atoms with Gasteiger partial charge in [-0.25, -0.2) is 4.79 Å². The summed E-state index contributed by atoms with van der Waals surface area (Å²) < 4.78 is 55.6. The van der Waals surface area contributed by atoms with Gasteiger partial charge in [-0.05, 0) is 30.7 Å². The standard InChI is InChI=1S/C34H42O17/c1-8-15-42-33-31(48-21(6)38)29(51-34-32(49-22(7)39)30(47-20(5)37)28(17(2)44-34)46-19(4)36)27(41)25(50-33)16-43-26(40)14-11-23-9-12-24(13-10-23)45-18(3)35/h8-14,17,25,27-34,41H,1,15-16H2,2-7H3/b14-11+/t17-,25+,27+,28-,29-,30+,31+,32+,33-,34-/m0/s1. The largest absolute Gasteiger partial charge is 0.460 e. The van der Waals surface area contributed by atoms with Crippen LogP contribution in [-0.2, 0) is 71.4 Å².